The van der Waals surface area contributed by atoms with Crippen LogP contribution in [0.3, 0.4) is 0 Å². The topological polar surface area (TPSA) is 30.0 Å². The number of rotatable bonds is 2. The van der Waals surface area contributed by atoms with Crippen LogP contribution in [0, 0.1) is 18.6 Å². The van der Waals surface area contributed by atoms with Crippen molar-refractivity contribution in [1.82, 2.24) is 4.98 Å². The average molecular weight is 233 g/mol. The predicted octanol–water partition coefficient (Wildman–Crippen LogP) is 2.90. The molecule has 0 N–H and O–H groups in total. The summed E-state index contributed by atoms with van der Waals surface area (Å²) in [7, 11) is 0. The molecule has 2 rings (SSSR count). The van der Waals surface area contributed by atoms with Gasteiger partial charge in [0.15, 0.2) is 5.78 Å². The second-order valence-electron chi connectivity index (χ2n) is 3.66. The summed E-state index contributed by atoms with van der Waals surface area (Å²) in [6.07, 6.45) is 2.20. The summed E-state index contributed by atoms with van der Waals surface area (Å²) in [4.78, 5) is 15.5. The van der Waals surface area contributed by atoms with Gasteiger partial charge in [-0.2, -0.15) is 0 Å². The number of ketones is 1. The molecule has 0 radical (unpaired) electrons. The zero-order valence-electron chi connectivity index (χ0n) is 9.08. The van der Waals surface area contributed by atoms with Crippen LogP contribution < -0.4 is 0 Å². The molecule has 17 heavy (non-hydrogen) atoms. The van der Waals surface area contributed by atoms with Gasteiger partial charge in [-0.05, 0) is 24.6 Å². The number of pyridine rings is 1. The van der Waals surface area contributed by atoms with Crippen LogP contribution in [0.25, 0.3) is 0 Å². The van der Waals surface area contributed by atoms with Gasteiger partial charge in [0.1, 0.15) is 11.6 Å². The Kier molecular flexibility index (Phi) is 2.95. The molecule has 0 amide bonds. The van der Waals surface area contributed by atoms with Gasteiger partial charge in [-0.1, -0.05) is 12.1 Å². The van der Waals surface area contributed by atoms with E-state index < -0.39 is 17.4 Å². The third kappa shape index (κ3) is 2.20. The smallest absolute Gasteiger partial charge is 0.197 e. The van der Waals surface area contributed by atoms with Gasteiger partial charge in [-0.3, -0.25) is 9.78 Å². The minimum absolute atomic E-state index is 0.0366. The van der Waals surface area contributed by atoms with E-state index in [0.717, 1.165) is 12.3 Å². The minimum Gasteiger partial charge on any atom is -0.288 e. The van der Waals surface area contributed by atoms with Gasteiger partial charge in [-0.25, -0.2) is 8.78 Å². The first-order chi connectivity index (χ1) is 8.09. The molecule has 0 aliphatic carbocycles. The molecular formula is C13H9F2NO. The zero-order chi connectivity index (χ0) is 12.4. The Hall–Kier alpha value is -2.10. The van der Waals surface area contributed by atoms with E-state index in [2.05, 4.69) is 4.98 Å². The second-order valence-corrected chi connectivity index (χ2v) is 3.66. The number of carbonyl (C=O) groups excluding carboxylic acids is 1. The first-order valence-corrected chi connectivity index (χ1v) is 5.00. The first kappa shape index (κ1) is 11.4. The van der Waals surface area contributed by atoms with Crippen LogP contribution >= 0.6 is 0 Å². The lowest BCUT2D eigenvalue weighted by Crippen LogP contribution is -2.06. The quantitative estimate of drug-likeness (QED) is 0.746. The fourth-order valence-corrected chi connectivity index (χ4v) is 1.51. The number of nitrogens with zero attached hydrogens (tertiary/aromatic N) is 1. The number of hydrogen-bond acceptors (Lipinski definition) is 2. The minimum atomic E-state index is -0.621. The van der Waals surface area contributed by atoms with E-state index in [1.165, 1.54) is 12.3 Å². The fraction of sp³-hybridized carbons (Fsp3) is 0.0769. The maximum Gasteiger partial charge on any atom is 0.197 e. The molecule has 1 aromatic heterocycles. The van der Waals surface area contributed by atoms with Gasteiger partial charge in [0.2, 0.25) is 0 Å². The lowest BCUT2D eigenvalue weighted by atomic mass is 10.0. The number of hydrogen-bond donors (Lipinski definition) is 0. The Balaban J connectivity index is 2.48. The molecular weight excluding hydrogens is 224 g/mol. The van der Waals surface area contributed by atoms with E-state index in [1.807, 2.05) is 0 Å². The van der Waals surface area contributed by atoms with Gasteiger partial charge >= 0.3 is 0 Å². The summed E-state index contributed by atoms with van der Waals surface area (Å²) < 4.78 is 26.6. The molecule has 0 bridgehead atoms. The summed E-state index contributed by atoms with van der Waals surface area (Å²) in [6, 6.07) is 5.56. The monoisotopic (exact) mass is 233 g/mol. The van der Waals surface area contributed by atoms with E-state index in [-0.39, 0.29) is 11.1 Å². The number of halogens is 2. The van der Waals surface area contributed by atoms with Crippen LogP contribution in [0.15, 0.2) is 36.7 Å². The summed E-state index contributed by atoms with van der Waals surface area (Å²) in [6.45, 7) is 1.57. The highest BCUT2D eigenvalue weighted by Crippen LogP contribution is 2.16. The molecule has 0 saturated carbocycles. The van der Waals surface area contributed by atoms with Crippen LogP contribution in [0.4, 0.5) is 8.78 Å². The van der Waals surface area contributed by atoms with Gasteiger partial charge in [0.05, 0.1) is 11.8 Å². The largest absolute Gasteiger partial charge is 0.288 e. The molecule has 0 aliphatic heterocycles. The van der Waals surface area contributed by atoms with Crippen molar-refractivity contribution in [2.24, 2.45) is 0 Å². The molecule has 0 fully saturated rings. The van der Waals surface area contributed by atoms with Crippen molar-refractivity contribution in [1.29, 1.82) is 0 Å². The predicted molar refractivity (Wildman–Crippen MR) is 58.8 cm³/mol. The van der Waals surface area contributed by atoms with Crippen molar-refractivity contribution in [2.75, 3.05) is 0 Å². The molecule has 2 aromatic rings. The molecule has 0 saturated heterocycles. The Morgan fingerprint density at radius 2 is 2.00 bits per heavy atom. The van der Waals surface area contributed by atoms with Gasteiger partial charge in [0, 0.05) is 11.8 Å². The standard InChI is InChI=1S/C13H9F2NO/c1-8-3-2-4-11(12(8)15)13(17)9-5-10(14)7-16-6-9/h2-7H,1H3. The van der Waals surface area contributed by atoms with Crippen LogP contribution in [0.1, 0.15) is 21.5 Å². The van der Waals surface area contributed by atoms with Crippen LogP contribution in [0.5, 0.6) is 0 Å². The molecule has 0 spiro atoms. The molecule has 86 valence electrons. The molecule has 0 aliphatic rings. The number of aryl methyl sites for hydroxylation is 1. The molecule has 2 nitrogen and oxygen atoms in total. The van der Waals surface area contributed by atoms with E-state index in [4.69, 9.17) is 0 Å². The van der Waals surface area contributed by atoms with Crippen molar-refractivity contribution >= 4 is 5.78 Å². The lowest BCUT2D eigenvalue weighted by Gasteiger charge is -2.04. The molecule has 4 heteroatoms. The normalized spacial score (nSPS) is 10.3. The van der Waals surface area contributed by atoms with Crippen LogP contribution in [-0.4, -0.2) is 10.8 Å². The Bertz CT molecular complexity index is 581. The summed E-state index contributed by atoms with van der Waals surface area (Å²) in [5, 5.41) is 0. The maximum absolute atomic E-state index is 13.7. The van der Waals surface area contributed by atoms with E-state index in [9.17, 15) is 13.6 Å². The lowest BCUT2D eigenvalue weighted by molar-refractivity contribution is 0.103. The summed E-state index contributed by atoms with van der Waals surface area (Å²) in [5.41, 5.74) is 0.340. The highest BCUT2D eigenvalue weighted by molar-refractivity contribution is 6.09. The summed E-state index contributed by atoms with van der Waals surface area (Å²) in [5.74, 6) is -1.77. The highest BCUT2D eigenvalue weighted by Gasteiger charge is 2.15. The van der Waals surface area contributed by atoms with Crippen molar-refractivity contribution < 1.29 is 13.6 Å². The molecule has 0 atom stereocenters. The first-order valence-electron chi connectivity index (χ1n) is 5.00. The van der Waals surface area contributed by atoms with E-state index in [0.29, 0.717) is 5.56 Å². The maximum atomic E-state index is 13.7. The SMILES string of the molecule is Cc1cccc(C(=O)c2cncc(F)c2)c1F. The van der Waals surface area contributed by atoms with E-state index >= 15 is 0 Å². The fourth-order valence-electron chi connectivity index (χ4n) is 1.51. The van der Waals surface area contributed by atoms with Crippen LogP contribution in [0.2, 0.25) is 0 Å². The third-order valence-electron chi connectivity index (χ3n) is 2.40. The Labute approximate surface area is 96.9 Å². The molecule has 0 unspecified atom stereocenters. The second kappa shape index (κ2) is 4.41. The van der Waals surface area contributed by atoms with Crippen molar-refractivity contribution in [3.05, 3.63) is 65.0 Å². The number of benzene rings is 1. The Morgan fingerprint density at radius 3 is 2.71 bits per heavy atom. The molecule has 1 aromatic carbocycles. The van der Waals surface area contributed by atoms with E-state index in [1.54, 1.807) is 19.1 Å². The molecule has 1 heterocycles. The van der Waals surface area contributed by atoms with Gasteiger partial charge in [-0.15, -0.1) is 0 Å². The third-order valence-corrected chi connectivity index (χ3v) is 2.40. The number of aromatic nitrogens is 1. The summed E-state index contributed by atoms with van der Waals surface area (Å²) >= 11 is 0. The van der Waals surface area contributed by atoms with Gasteiger partial charge < -0.3 is 0 Å². The Morgan fingerprint density at radius 1 is 1.24 bits per heavy atom. The number of carbonyl (C=O) groups is 1. The van der Waals surface area contributed by atoms with Crippen molar-refractivity contribution in [3.63, 3.8) is 0 Å². The van der Waals surface area contributed by atoms with Crippen molar-refractivity contribution in [2.45, 2.75) is 6.92 Å². The zero-order valence-corrected chi connectivity index (χ0v) is 9.08. The van der Waals surface area contributed by atoms with Gasteiger partial charge in [0.25, 0.3) is 0 Å². The van der Waals surface area contributed by atoms with Crippen molar-refractivity contribution in [3.8, 4) is 0 Å². The van der Waals surface area contributed by atoms with Crippen LogP contribution in [-0.2, 0) is 0 Å². The average Bonchev–Trinajstić information content (AvgIpc) is 2.32. The highest BCUT2D eigenvalue weighted by atomic mass is 19.1.